The van der Waals surface area contributed by atoms with Crippen molar-refractivity contribution in [3.05, 3.63) is 0 Å². The summed E-state index contributed by atoms with van der Waals surface area (Å²) >= 11 is 0. The highest BCUT2D eigenvalue weighted by molar-refractivity contribution is 5.79. The average molecular weight is 188 g/mol. The lowest BCUT2D eigenvalue weighted by Crippen LogP contribution is -2.40. The molecule has 0 aliphatic rings. The Kier molecular flexibility index (Phi) is 6.54. The van der Waals surface area contributed by atoms with Gasteiger partial charge in [0.25, 0.3) is 0 Å². The minimum absolute atomic E-state index is 0.230. The summed E-state index contributed by atoms with van der Waals surface area (Å²) in [5.74, 6) is 0.178. The highest BCUT2D eigenvalue weighted by Gasteiger charge is 2.08. The average Bonchev–Trinajstić information content (AvgIpc) is 2.02. The van der Waals surface area contributed by atoms with E-state index in [0.717, 1.165) is 12.8 Å². The van der Waals surface area contributed by atoms with E-state index >= 15 is 0 Å². The second kappa shape index (κ2) is 6.86. The van der Waals surface area contributed by atoms with Gasteiger partial charge in [-0.3, -0.25) is 4.79 Å². The van der Waals surface area contributed by atoms with Gasteiger partial charge < -0.3 is 16.2 Å². The molecule has 0 radical (unpaired) electrons. The van der Waals surface area contributed by atoms with E-state index in [1.54, 1.807) is 0 Å². The number of nitrogens with two attached hydrogens (primary N) is 2. The van der Waals surface area contributed by atoms with E-state index in [1.807, 2.05) is 0 Å². The SMILES string of the molecule is CC(C)CCCOCC(N)C(N)=O. The molecule has 0 aromatic heterocycles. The summed E-state index contributed by atoms with van der Waals surface area (Å²) in [7, 11) is 0. The smallest absolute Gasteiger partial charge is 0.236 e. The van der Waals surface area contributed by atoms with Crippen LogP contribution >= 0.6 is 0 Å². The molecule has 0 heterocycles. The van der Waals surface area contributed by atoms with Crippen LogP contribution in [0.15, 0.2) is 0 Å². The third-order valence-electron chi connectivity index (χ3n) is 1.73. The maximum atomic E-state index is 10.5. The first-order valence-corrected chi connectivity index (χ1v) is 4.66. The largest absolute Gasteiger partial charge is 0.379 e. The number of ether oxygens (including phenoxy) is 1. The molecule has 0 aromatic carbocycles. The molecule has 4 nitrogen and oxygen atoms in total. The Bertz CT molecular complexity index is 149. The monoisotopic (exact) mass is 188 g/mol. The van der Waals surface area contributed by atoms with Crippen molar-refractivity contribution in [2.24, 2.45) is 17.4 Å². The van der Waals surface area contributed by atoms with Gasteiger partial charge in [-0.1, -0.05) is 13.8 Å². The Balaban J connectivity index is 3.21. The Morgan fingerprint density at radius 1 is 1.46 bits per heavy atom. The Hall–Kier alpha value is -0.610. The first-order chi connectivity index (χ1) is 6.04. The number of amides is 1. The maximum absolute atomic E-state index is 10.5. The normalized spacial score (nSPS) is 13.2. The third-order valence-corrected chi connectivity index (χ3v) is 1.73. The zero-order valence-electron chi connectivity index (χ0n) is 8.45. The minimum atomic E-state index is -0.668. The Morgan fingerprint density at radius 3 is 2.54 bits per heavy atom. The summed E-state index contributed by atoms with van der Waals surface area (Å²) in [6, 6.07) is -0.668. The summed E-state index contributed by atoms with van der Waals surface area (Å²) in [6.07, 6.45) is 2.13. The van der Waals surface area contributed by atoms with Crippen LogP contribution in [-0.2, 0) is 9.53 Å². The van der Waals surface area contributed by atoms with Gasteiger partial charge in [0.2, 0.25) is 5.91 Å². The van der Waals surface area contributed by atoms with Crippen molar-refractivity contribution in [1.29, 1.82) is 0 Å². The fourth-order valence-electron chi connectivity index (χ4n) is 0.886. The number of primary amides is 1. The highest BCUT2D eigenvalue weighted by atomic mass is 16.5. The van der Waals surface area contributed by atoms with Crippen molar-refractivity contribution in [3.63, 3.8) is 0 Å². The molecular weight excluding hydrogens is 168 g/mol. The van der Waals surface area contributed by atoms with Crippen molar-refractivity contribution in [2.75, 3.05) is 13.2 Å². The minimum Gasteiger partial charge on any atom is -0.379 e. The van der Waals surface area contributed by atoms with Crippen LogP contribution in [0.25, 0.3) is 0 Å². The van der Waals surface area contributed by atoms with Gasteiger partial charge >= 0.3 is 0 Å². The second-order valence-electron chi connectivity index (χ2n) is 3.62. The van der Waals surface area contributed by atoms with Crippen LogP contribution < -0.4 is 11.5 Å². The van der Waals surface area contributed by atoms with Crippen LogP contribution in [-0.4, -0.2) is 25.2 Å². The second-order valence-corrected chi connectivity index (χ2v) is 3.62. The molecule has 0 rings (SSSR count). The summed E-state index contributed by atoms with van der Waals surface area (Å²) < 4.78 is 5.18. The first kappa shape index (κ1) is 12.4. The van der Waals surface area contributed by atoms with Gasteiger partial charge in [0.15, 0.2) is 0 Å². The molecule has 1 amide bonds. The summed E-state index contributed by atoms with van der Waals surface area (Å²) in [5.41, 5.74) is 10.3. The number of carbonyl (C=O) groups is 1. The van der Waals surface area contributed by atoms with Crippen LogP contribution in [0.5, 0.6) is 0 Å². The standard InChI is InChI=1S/C9H20N2O2/c1-7(2)4-3-5-13-6-8(10)9(11)12/h7-8H,3-6,10H2,1-2H3,(H2,11,12). The molecule has 13 heavy (non-hydrogen) atoms. The number of rotatable bonds is 7. The molecule has 0 aromatic rings. The maximum Gasteiger partial charge on any atom is 0.236 e. The molecular formula is C9H20N2O2. The summed E-state index contributed by atoms with van der Waals surface area (Å²) in [4.78, 5) is 10.5. The Morgan fingerprint density at radius 2 is 2.08 bits per heavy atom. The summed E-state index contributed by atoms with van der Waals surface area (Å²) in [6.45, 7) is 5.21. The molecule has 1 unspecified atom stereocenters. The fourth-order valence-corrected chi connectivity index (χ4v) is 0.886. The number of hydrogen-bond donors (Lipinski definition) is 2. The first-order valence-electron chi connectivity index (χ1n) is 4.66. The van der Waals surface area contributed by atoms with Crippen molar-refractivity contribution >= 4 is 5.91 Å². The third kappa shape index (κ3) is 7.74. The Labute approximate surface area is 79.6 Å². The van der Waals surface area contributed by atoms with Gasteiger partial charge in [-0.15, -0.1) is 0 Å². The molecule has 4 N–H and O–H groups in total. The van der Waals surface area contributed by atoms with E-state index in [4.69, 9.17) is 16.2 Å². The highest BCUT2D eigenvalue weighted by Crippen LogP contribution is 2.02. The van der Waals surface area contributed by atoms with E-state index in [2.05, 4.69) is 13.8 Å². The van der Waals surface area contributed by atoms with Crippen LogP contribution in [0.4, 0.5) is 0 Å². The molecule has 4 heteroatoms. The van der Waals surface area contributed by atoms with Gasteiger partial charge in [-0.25, -0.2) is 0 Å². The fraction of sp³-hybridized carbons (Fsp3) is 0.889. The quantitative estimate of drug-likeness (QED) is 0.562. The van der Waals surface area contributed by atoms with Crippen molar-refractivity contribution in [2.45, 2.75) is 32.7 Å². The van der Waals surface area contributed by atoms with Gasteiger partial charge in [0.1, 0.15) is 6.04 Å². The van der Waals surface area contributed by atoms with E-state index < -0.39 is 11.9 Å². The number of hydrogen-bond acceptors (Lipinski definition) is 3. The van der Waals surface area contributed by atoms with Crippen LogP contribution in [0, 0.1) is 5.92 Å². The molecule has 0 spiro atoms. The lowest BCUT2D eigenvalue weighted by atomic mass is 10.1. The topological polar surface area (TPSA) is 78.3 Å². The van der Waals surface area contributed by atoms with Gasteiger partial charge in [-0.2, -0.15) is 0 Å². The van der Waals surface area contributed by atoms with Gasteiger partial charge in [0, 0.05) is 6.61 Å². The molecule has 0 saturated carbocycles. The zero-order valence-corrected chi connectivity index (χ0v) is 8.45. The van der Waals surface area contributed by atoms with E-state index in [9.17, 15) is 4.79 Å². The van der Waals surface area contributed by atoms with Crippen LogP contribution in [0.3, 0.4) is 0 Å². The van der Waals surface area contributed by atoms with E-state index in [1.165, 1.54) is 0 Å². The lowest BCUT2D eigenvalue weighted by Gasteiger charge is -2.09. The van der Waals surface area contributed by atoms with Crippen LogP contribution in [0.2, 0.25) is 0 Å². The molecule has 1 atom stereocenters. The van der Waals surface area contributed by atoms with Gasteiger partial charge in [-0.05, 0) is 18.8 Å². The van der Waals surface area contributed by atoms with E-state index in [-0.39, 0.29) is 6.61 Å². The zero-order chi connectivity index (χ0) is 10.3. The predicted octanol–water partition coefficient (Wildman–Crippen LogP) is 0.252. The molecule has 0 bridgehead atoms. The van der Waals surface area contributed by atoms with Crippen molar-refractivity contribution < 1.29 is 9.53 Å². The lowest BCUT2D eigenvalue weighted by molar-refractivity contribution is -0.120. The summed E-state index contributed by atoms with van der Waals surface area (Å²) in [5, 5.41) is 0. The molecule has 0 fully saturated rings. The van der Waals surface area contributed by atoms with Gasteiger partial charge in [0.05, 0.1) is 6.61 Å². The van der Waals surface area contributed by atoms with Crippen molar-refractivity contribution in [1.82, 2.24) is 0 Å². The number of carbonyl (C=O) groups excluding carboxylic acids is 1. The molecule has 0 aliphatic heterocycles. The van der Waals surface area contributed by atoms with E-state index in [0.29, 0.717) is 12.5 Å². The molecule has 0 saturated heterocycles. The molecule has 78 valence electrons. The van der Waals surface area contributed by atoms with Crippen molar-refractivity contribution in [3.8, 4) is 0 Å². The molecule has 0 aliphatic carbocycles. The van der Waals surface area contributed by atoms with Crippen LogP contribution in [0.1, 0.15) is 26.7 Å². The predicted molar refractivity (Wildman–Crippen MR) is 52.1 cm³/mol.